The zero-order valence-electron chi connectivity index (χ0n) is 9.97. The van der Waals surface area contributed by atoms with E-state index in [0.29, 0.717) is 18.8 Å². The number of aliphatic hydroxyl groups is 1. The number of fused-ring (bicyclic) bond motifs is 1. The molecule has 1 aliphatic rings. The average molecular weight is 250 g/mol. The fourth-order valence-corrected chi connectivity index (χ4v) is 2.04. The van der Waals surface area contributed by atoms with Crippen LogP contribution in [0.1, 0.15) is 6.92 Å². The number of aliphatic hydroxyl groups excluding tert-OH is 1. The highest BCUT2D eigenvalue weighted by molar-refractivity contribution is 5.45. The maximum absolute atomic E-state index is 9.17. The van der Waals surface area contributed by atoms with Gasteiger partial charge in [0.2, 0.25) is 0 Å². The van der Waals surface area contributed by atoms with Gasteiger partial charge in [-0.05, 0) is 29.5 Å². The van der Waals surface area contributed by atoms with E-state index in [1.54, 1.807) is 0 Å². The van der Waals surface area contributed by atoms with Gasteiger partial charge in [0.05, 0.1) is 25.4 Å². The first-order chi connectivity index (χ1) is 8.78. The van der Waals surface area contributed by atoms with Gasteiger partial charge in [0, 0.05) is 6.54 Å². The second-order valence-corrected chi connectivity index (χ2v) is 4.36. The molecule has 0 saturated carbocycles. The molecule has 2 aromatic heterocycles. The second-order valence-electron chi connectivity index (χ2n) is 4.36. The molecule has 0 aliphatic carbocycles. The molecule has 0 spiro atoms. The lowest BCUT2D eigenvalue weighted by molar-refractivity contribution is -0.0106. The monoisotopic (exact) mass is 250 g/mol. The number of morpholine rings is 1. The third kappa shape index (κ3) is 1.89. The number of hydrogen-bond acceptors (Lipinski definition) is 7. The van der Waals surface area contributed by atoms with Crippen LogP contribution in [0.3, 0.4) is 0 Å². The third-order valence-corrected chi connectivity index (χ3v) is 3.06. The number of hydrogen-bond donors (Lipinski definition) is 1. The molecule has 1 fully saturated rings. The highest BCUT2D eigenvalue weighted by Gasteiger charge is 2.26. The highest BCUT2D eigenvalue weighted by Crippen LogP contribution is 2.19. The Balaban J connectivity index is 1.91. The Morgan fingerprint density at radius 3 is 3.22 bits per heavy atom. The Bertz CT molecular complexity index is 544. The first-order valence-corrected chi connectivity index (χ1v) is 5.82. The van der Waals surface area contributed by atoms with Crippen LogP contribution in [0.2, 0.25) is 0 Å². The smallest absolute Gasteiger partial charge is 0.200 e. The van der Waals surface area contributed by atoms with Crippen LogP contribution in [0, 0.1) is 0 Å². The molecular weight excluding hydrogens is 236 g/mol. The van der Waals surface area contributed by atoms with Gasteiger partial charge >= 0.3 is 0 Å². The van der Waals surface area contributed by atoms with Crippen molar-refractivity contribution in [1.82, 2.24) is 25.3 Å². The second kappa shape index (κ2) is 4.46. The standard InChI is InChI=1S/C10H14N6O2/c1-7-6-18-8(5-17)4-15(7)10-3-2-9-11-13-14-16(9)12-10/h2-3,7-8,17H,4-6H2,1H3. The number of nitrogens with zero attached hydrogens (tertiary/aromatic N) is 6. The molecule has 0 radical (unpaired) electrons. The molecule has 2 unspecified atom stereocenters. The zero-order valence-corrected chi connectivity index (χ0v) is 9.97. The van der Waals surface area contributed by atoms with Crippen molar-refractivity contribution >= 4 is 11.5 Å². The van der Waals surface area contributed by atoms with Crippen LogP contribution in [0.5, 0.6) is 0 Å². The molecule has 18 heavy (non-hydrogen) atoms. The van der Waals surface area contributed by atoms with Crippen molar-refractivity contribution in [1.29, 1.82) is 0 Å². The Morgan fingerprint density at radius 2 is 2.39 bits per heavy atom. The van der Waals surface area contributed by atoms with Gasteiger partial charge in [-0.25, -0.2) is 0 Å². The predicted octanol–water partition coefficient (Wildman–Crippen LogP) is -0.895. The average Bonchev–Trinajstić information content (AvgIpc) is 2.86. The molecule has 1 aliphatic heterocycles. The largest absolute Gasteiger partial charge is 0.394 e. The van der Waals surface area contributed by atoms with Gasteiger partial charge in [-0.2, -0.15) is 0 Å². The summed E-state index contributed by atoms with van der Waals surface area (Å²) in [6.45, 7) is 3.24. The van der Waals surface area contributed by atoms with Crippen LogP contribution in [0.15, 0.2) is 12.1 Å². The molecule has 8 heteroatoms. The van der Waals surface area contributed by atoms with E-state index in [2.05, 4.69) is 32.4 Å². The van der Waals surface area contributed by atoms with Crippen molar-refractivity contribution in [3.05, 3.63) is 12.1 Å². The minimum Gasteiger partial charge on any atom is -0.394 e. The Labute approximate surface area is 103 Å². The fourth-order valence-electron chi connectivity index (χ4n) is 2.04. The minimum atomic E-state index is -0.174. The van der Waals surface area contributed by atoms with E-state index in [4.69, 9.17) is 4.74 Å². The van der Waals surface area contributed by atoms with Crippen LogP contribution < -0.4 is 4.90 Å². The summed E-state index contributed by atoms with van der Waals surface area (Å²) >= 11 is 0. The lowest BCUT2D eigenvalue weighted by Gasteiger charge is -2.37. The number of anilines is 1. The molecule has 0 amide bonds. The zero-order chi connectivity index (χ0) is 12.5. The van der Waals surface area contributed by atoms with Gasteiger partial charge in [-0.1, -0.05) is 0 Å². The van der Waals surface area contributed by atoms with Crippen molar-refractivity contribution in [2.45, 2.75) is 19.1 Å². The van der Waals surface area contributed by atoms with E-state index in [0.717, 1.165) is 5.82 Å². The van der Waals surface area contributed by atoms with E-state index in [1.807, 2.05) is 12.1 Å². The van der Waals surface area contributed by atoms with Crippen LogP contribution in [-0.2, 0) is 4.74 Å². The van der Waals surface area contributed by atoms with E-state index < -0.39 is 0 Å². The van der Waals surface area contributed by atoms with Crippen molar-refractivity contribution in [3.8, 4) is 0 Å². The number of rotatable bonds is 2. The Kier molecular flexibility index (Phi) is 2.80. The van der Waals surface area contributed by atoms with E-state index in [9.17, 15) is 5.11 Å². The lowest BCUT2D eigenvalue weighted by atomic mass is 10.2. The maximum Gasteiger partial charge on any atom is 0.200 e. The van der Waals surface area contributed by atoms with Crippen LogP contribution in [0.25, 0.3) is 5.65 Å². The van der Waals surface area contributed by atoms with Gasteiger partial charge in [-0.15, -0.1) is 14.8 Å². The van der Waals surface area contributed by atoms with Gasteiger partial charge in [0.1, 0.15) is 0 Å². The summed E-state index contributed by atoms with van der Waals surface area (Å²) in [4.78, 5) is 2.09. The number of aromatic nitrogens is 5. The van der Waals surface area contributed by atoms with Crippen LogP contribution in [-0.4, -0.2) is 62.3 Å². The molecule has 0 bridgehead atoms. The Hall–Kier alpha value is -1.80. The first-order valence-electron chi connectivity index (χ1n) is 5.82. The van der Waals surface area contributed by atoms with Crippen molar-refractivity contribution in [2.24, 2.45) is 0 Å². The summed E-state index contributed by atoms with van der Waals surface area (Å²) in [5, 5.41) is 24.7. The van der Waals surface area contributed by atoms with Crippen molar-refractivity contribution in [2.75, 3.05) is 24.7 Å². The van der Waals surface area contributed by atoms with E-state index in [1.165, 1.54) is 4.63 Å². The quantitative estimate of drug-likeness (QED) is 0.739. The molecule has 0 aromatic carbocycles. The number of ether oxygens (including phenoxy) is 1. The SMILES string of the molecule is CC1COC(CO)CN1c1ccc2nnnn2n1. The number of tetrazole rings is 1. The maximum atomic E-state index is 9.17. The molecular formula is C10H14N6O2. The van der Waals surface area contributed by atoms with E-state index in [-0.39, 0.29) is 18.8 Å². The molecule has 2 atom stereocenters. The predicted molar refractivity (Wildman–Crippen MR) is 62.2 cm³/mol. The molecule has 2 aromatic rings. The molecule has 1 saturated heterocycles. The fraction of sp³-hybridized carbons (Fsp3) is 0.600. The van der Waals surface area contributed by atoms with Gasteiger partial charge in [0.15, 0.2) is 11.5 Å². The summed E-state index contributed by atoms with van der Waals surface area (Å²) in [5.41, 5.74) is 0.610. The summed E-state index contributed by atoms with van der Waals surface area (Å²) in [7, 11) is 0. The summed E-state index contributed by atoms with van der Waals surface area (Å²) in [5.74, 6) is 0.782. The first kappa shape index (κ1) is 11.3. The van der Waals surface area contributed by atoms with Gasteiger partial charge in [-0.3, -0.25) is 0 Å². The lowest BCUT2D eigenvalue weighted by Crippen LogP contribution is -2.50. The summed E-state index contributed by atoms with van der Waals surface area (Å²) < 4.78 is 6.89. The summed E-state index contributed by atoms with van der Waals surface area (Å²) in [6, 6.07) is 3.90. The van der Waals surface area contributed by atoms with Gasteiger partial charge in [0.25, 0.3) is 0 Å². The van der Waals surface area contributed by atoms with Crippen molar-refractivity contribution < 1.29 is 9.84 Å². The van der Waals surface area contributed by atoms with E-state index >= 15 is 0 Å². The molecule has 3 heterocycles. The normalized spacial score (nSPS) is 24.7. The molecule has 1 N–H and O–H groups in total. The minimum absolute atomic E-state index is 0.0103. The highest BCUT2D eigenvalue weighted by atomic mass is 16.5. The van der Waals surface area contributed by atoms with Crippen molar-refractivity contribution in [3.63, 3.8) is 0 Å². The topological polar surface area (TPSA) is 88.7 Å². The molecule has 8 nitrogen and oxygen atoms in total. The van der Waals surface area contributed by atoms with Gasteiger partial charge < -0.3 is 14.7 Å². The molecule has 96 valence electrons. The third-order valence-electron chi connectivity index (χ3n) is 3.06. The summed E-state index contributed by atoms with van der Waals surface area (Å²) in [6.07, 6.45) is -0.174. The Morgan fingerprint density at radius 1 is 1.50 bits per heavy atom. The van der Waals surface area contributed by atoms with Crippen LogP contribution >= 0.6 is 0 Å². The van der Waals surface area contributed by atoms with Crippen LogP contribution in [0.4, 0.5) is 5.82 Å². The molecule has 3 rings (SSSR count).